The van der Waals surface area contributed by atoms with Crippen molar-refractivity contribution in [3.63, 3.8) is 0 Å². The van der Waals surface area contributed by atoms with Crippen molar-refractivity contribution in [3.8, 4) is 0 Å². The molecule has 0 aliphatic heterocycles. The Morgan fingerprint density at radius 3 is 2.36 bits per heavy atom. The van der Waals surface area contributed by atoms with Crippen LogP contribution in [0.15, 0.2) is 6.20 Å². The minimum atomic E-state index is -1.71. The molecule has 1 aliphatic carbocycles. The fourth-order valence-corrected chi connectivity index (χ4v) is 4.77. The molecule has 2 N–H and O–H groups in total. The second-order valence-electron chi connectivity index (χ2n) is 7.78. The molecule has 4 nitrogen and oxygen atoms in total. The molecule has 0 aromatic carbocycles. The van der Waals surface area contributed by atoms with Crippen LogP contribution < -0.4 is 5.73 Å². The lowest BCUT2D eigenvalue weighted by Crippen LogP contribution is -2.45. The molecule has 1 aromatic heterocycles. The largest absolute Gasteiger partial charge is 0.414 e. The Balaban J connectivity index is 1.89. The Hall–Kier alpha value is -0.723. The average molecular weight is 341 g/mol. The number of nitrogen functional groups attached to an aromatic ring is 1. The number of ketones is 1. The van der Waals surface area contributed by atoms with E-state index in [0.29, 0.717) is 16.1 Å². The van der Waals surface area contributed by atoms with Crippen molar-refractivity contribution >= 4 is 30.6 Å². The Bertz CT molecular complexity index is 528. The minimum absolute atomic E-state index is 0.110. The first kappa shape index (κ1) is 17.6. The summed E-state index contributed by atoms with van der Waals surface area (Å²) in [6, 6.07) is 0. The van der Waals surface area contributed by atoms with Gasteiger partial charge in [-0.2, -0.15) is 0 Å². The maximum atomic E-state index is 12.4. The van der Waals surface area contributed by atoms with E-state index in [9.17, 15) is 4.79 Å². The van der Waals surface area contributed by atoms with Gasteiger partial charge in [0.05, 0.1) is 11.1 Å². The van der Waals surface area contributed by atoms with Gasteiger partial charge in [-0.1, -0.05) is 32.1 Å². The number of hydrogen-bond acceptors (Lipinski definition) is 5. The number of anilines is 1. The van der Waals surface area contributed by atoms with Crippen LogP contribution in [0.25, 0.3) is 0 Å². The van der Waals surface area contributed by atoms with Crippen LogP contribution in [0.5, 0.6) is 0 Å². The topological polar surface area (TPSA) is 65.2 Å². The van der Waals surface area contributed by atoms with E-state index in [4.69, 9.17) is 10.2 Å². The summed E-state index contributed by atoms with van der Waals surface area (Å²) in [6.45, 7) is 11.4. The highest BCUT2D eigenvalue weighted by Crippen LogP contribution is 2.40. The molecule has 0 atom stereocenters. The quantitative estimate of drug-likeness (QED) is 0.648. The van der Waals surface area contributed by atoms with Crippen LogP contribution in [-0.2, 0) is 4.43 Å². The van der Waals surface area contributed by atoms with E-state index < -0.39 is 8.32 Å². The van der Waals surface area contributed by atoms with E-state index in [0.717, 1.165) is 25.7 Å². The first-order valence-electron chi connectivity index (χ1n) is 8.03. The molecule has 6 heteroatoms. The van der Waals surface area contributed by atoms with E-state index in [1.165, 1.54) is 11.3 Å². The second-order valence-corrected chi connectivity index (χ2v) is 13.6. The van der Waals surface area contributed by atoms with Gasteiger partial charge in [0.15, 0.2) is 19.2 Å². The molecule has 1 saturated carbocycles. The maximum Gasteiger partial charge on any atom is 0.192 e. The molecule has 0 saturated heterocycles. The van der Waals surface area contributed by atoms with Gasteiger partial charge in [0.2, 0.25) is 0 Å². The number of hydrogen-bond donors (Lipinski definition) is 1. The van der Waals surface area contributed by atoms with Gasteiger partial charge in [-0.15, -0.1) is 0 Å². The molecule has 1 heterocycles. The normalized spacial score (nSPS) is 23.5. The molecule has 0 bridgehead atoms. The molecule has 2 rings (SSSR count). The van der Waals surface area contributed by atoms with Gasteiger partial charge in [0, 0.05) is 12.0 Å². The molecule has 1 aromatic rings. The van der Waals surface area contributed by atoms with E-state index in [1.54, 1.807) is 6.20 Å². The van der Waals surface area contributed by atoms with Gasteiger partial charge >= 0.3 is 0 Å². The van der Waals surface area contributed by atoms with Crippen molar-refractivity contribution in [2.75, 3.05) is 5.73 Å². The number of aromatic nitrogens is 1. The number of Topliss-reactive ketones (excluding diaryl/α,β-unsaturated/α-hetero) is 1. The molecule has 0 spiro atoms. The van der Waals surface area contributed by atoms with Crippen molar-refractivity contribution in [1.29, 1.82) is 0 Å². The van der Waals surface area contributed by atoms with E-state index in [2.05, 4.69) is 38.8 Å². The van der Waals surface area contributed by atoms with Gasteiger partial charge in [-0.25, -0.2) is 4.98 Å². The number of carbonyl (C=O) groups excluding carboxylic acids is 1. The van der Waals surface area contributed by atoms with E-state index in [1.807, 2.05) is 0 Å². The molecular formula is C16H28N2O2SSi. The van der Waals surface area contributed by atoms with Crippen molar-refractivity contribution in [2.45, 2.75) is 70.7 Å². The molecule has 22 heavy (non-hydrogen) atoms. The molecule has 1 fully saturated rings. The highest BCUT2D eigenvalue weighted by Gasteiger charge is 2.40. The summed E-state index contributed by atoms with van der Waals surface area (Å²) in [4.78, 5) is 17.1. The number of rotatable bonds is 4. The number of nitrogens with zero attached hydrogens (tertiary/aromatic N) is 1. The summed E-state index contributed by atoms with van der Waals surface area (Å²) in [5, 5.41) is 0.707. The first-order chi connectivity index (χ1) is 10.1. The van der Waals surface area contributed by atoms with Crippen LogP contribution in [-0.4, -0.2) is 25.2 Å². The van der Waals surface area contributed by atoms with Crippen LogP contribution in [0.2, 0.25) is 18.1 Å². The van der Waals surface area contributed by atoms with E-state index in [-0.39, 0.29) is 16.7 Å². The monoisotopic (exact) mass is 340 g/mol. The third kappa shape index (κ3) is 3.97. The summed E-state index contributed by atoms with van der Waals surface area (Å²) >= 11 is 1.30. The Morgan fingerprint density at radius 2 is 1.91 bits per heavy atom. The lowest BCUT2D eigenvalue weighted by atomic mass is 9.84. The molecule has 0 unspecified atom stereocenters. The molecule has 0 amide bonds. The van der Waals surface area contributed by atoms with Crippen molar-refractivity contribution in [2.24, 2.45) is 5.92 Å². The Labute approximate surface area is 138 Å². The van der Waals surface area contributed by atoms with Gasteiger partial charge < -0.3 is 10.2 Å². The molecular weight excluding hydrogens is 312 g/mol. The molecule has 124 valence electrons. The number of nitrogens with two attached hydrogens (primary N) is 1. The third-order valence-electron chi connectivity index (χ3n) is 5.08. The van der Waals surface area contributed by atoms with Crippen LogP contribution in [0, 0.1) is 5.92 Å². The highest BCUT2D eigenvalue weighted by molar-refractivity contribution is 7.17. The van der Waals surface area contributed by atoms with Gasteiger partial charge in [0.1, 0.15) is 0 Å². The van der Waals surface area contributed by atoms with Crippen LogP contribution in [0.3, 0.4) is 0 Å². The predicted octanol–water partition coefficient (Wildman–Crippen LogP) is 4.49. The molecule has 0 radical (unpaired) electrons. The molecule has 1 aliphatic rings. The van der Waals surface area contributed by atoms with Crippen LogP contribution in [0.4, 0.5) is 5.13 Å². The summed E-state index contributed by atoms with van der Waals surface area (Å²) < 4.78 is 6.48. The van der Waals surface area contributed by atoms with Gasteiger partial charge in [-0.3, -0.25) is 4.79 Å². The zero-order valence-electron chi connectivity index (χ0n) is 14.3. The zero-order chi connectivity index (χ0) is 16.5. The summed E-state index contributed by atoms with van der Waals surface area (Å²) in [6.07, 6.45) is 5.72. The summed E-state index contributed by atoms with van der Waals surface area (Å²) in [5.41, 5.74) is 5.62. The third-order valence-corrected chi connectivity index (χ3v) is 10.5. The smallest absolute Gasteiger partial charge is 0.192 e. The lowest BCUT2D eigenvalue weighted by molar-refractivity contribution is 0.0788. The van der Waals surface area contributed by atoms with Crippen molar-refractivity contribution in [1.82, 2.24) is 4.98 Å². The Morgan fingerprint density at radius 1 is 1.32 bits per heavy atom. The first-order valence-corrected chi connectivity index (χ1v) is 11.8. The zero-order valence-corrected chi connectivity index (χ0v) is 16.1. The maximum absolute atomic E-state index is 12.4. The van der Waals surface area contributed by atoms with Gasteiger partial charge in [0.25, 0.3) is 0 Å². The highest BCUT2D eigenvalue weighted by atomic mass is 32.1. The van der Waals surface area contributed by atoms with E-state index >= 15 is 0 Å². The Kier molecular flexibility index (Phi) is 5.14. The van der Waals surface area contributed by atoms with Crippen LogP contribution in [0.1, 0.15) is 56.1 Å². The van der Waals surface area contributed by atoms with Crippen LogP contribution >= 0.6 is 11.3 Å². The standard InChI is InChI=1S/C16H28N2O2SSi/c1-16(2,3)22(4,5)20-12-8-6-11(7-9-12)14(19)13-10-18-15(17)21-13/h10-12H,6-9H2,1-5H3,(H2,17,18). The average Bonchev–Trinajstić information content (AvgIpc) is 2.84. The fourth-order valence-electron chi connectivity index (χ4n) is 2.64. The summed E-state index contributed by atoms with van der Waals surface area (Å²) in [7, 11) is -1.71. The predicted molar refractivity (Wildman–Crippen MR) is 94.9 cm³/mol. The second kappa shape index (κ2) is 6.41. The van der Waals surface area contributed by atoms with Crippen molar-refractivity contribution in [3.05, 3.63) is 11.1 Å². The lowest BCUT2D eigenvalue weighted by Gasteiger charge is -2.41. The van der Waals surface area contributed by atoms with Gasteiger partial charge in [-0.05, 0) is 43.8 Å². The summed E-state index contributed by atoms with van der Waals surface area (Å²) in [5.74, 6) is 0.319. The minimum Gasteiger partial charge on any atom is -0.414 e. The fraction of sp³-hybridized carbons (Fsp3) is 0.750. The number of carbonyl (C=O) groups is 1. The van der Waals surface area contributed by atoms with Crippen molar-refractivity contribution < 1.29 is 9.22 Å². The number of thiazole rings is 1. The SMILES string of the molecule is CC(C)(C)[Si](C)(C)OC1CCC(C(=O)c2cnc(N)s2)CC1.